The molecule has 13 heteroatoms. The van der Waals surface area contributed by atoms with Gasteiger partial charge in [0.2, 0.25) is 0 Å². The van der Waals surface area contributed by atoms with Crippen molar-refractivity contribution in [3.05, 3.63) is 29.8 Å². The lowest BCUT2D eigenvalue weighted by Crippen LogP contribution is -2.46. The number of amides is 1. The van der Waals surface area contributed by atoms with E-state index in [1.165, 1.54) is 24.3 Å². The first-order chi connectivity index (χ1) is 14.5. The number of carbonyl (C=O) groups is 3. The van der Waals surface area contributed by atoms with Crippen molar-refractivity contribution < 1.29 is 32.3 Å². The van der Waals surface area contributed by atoms with Gasteiger partial charge in [0.05, 0.1) is 17.7 Å². The van der Waals surface area contributed by atoms with E-state index in [-0.39, 0.29) is 24.3 Å². The molecular weight excluding hydrogens is 605 g/mol. The molecule has 0 bridgehead atoms. The first-order valence-corrected chi connectivity index (χ1v) is 13.9. The highest BCUT2D eigenvalue weighted by Gasteiger charge is 2.31. The molecule has 1 aromatic carbocycles. The summed E-state index contributed by atoms with van der Waals surface area (Å²) in [5.41, 5.74) is 0.373. The fourth-order valence-electron chi connectivity index (χ4n) is 2.35. The van der Waals surface area contributed by atoms with Gasteiger partial charge in [-0.3, -0.25) is 14.4 Å². The lowest BCUT2D eigenvalue weighted by molar-refractivity contribution is -0.154. The molecule has 2 atom stereocenters. The summed E-state index contributed by atoms with van der Waals surface area (Å²) in [6.07, 6.45) is 0.0807. The number of nitrogens with one attached hydrogen (secondary N) is 1. The van der Waals surface area contributed by atoms with E-state index >= 15 is 0 Å². The van der Waals surface area contributed by atoms with E-state index in [9.17, 15) is 22.8 Å². The fourth-order valence-corrected chi connectivity index (χ4v) is 3.75. The summed E-state index contributed by atoms with van der Waals surface area (Å²) in [6, 6.07) is 4.55. The largest absolute Gasteiger partial charge is 0.463 e. The SMILES string of the molecule is CS(=O)(=O)c1ccc([C@@H](OC(=O)CCBr)[C@@H](COC(=O)CCBr)NC(=O)C(Cl)Cl)cc1. The van der Waals surface area contributed by atoms with Gasteiger partial charge in [-0.25, -0.2) is 8.42 Å². The van der Waals surface area contributed by atoms with E-state index in [0.29, 0.717) is 16.2 Å². The summed E-state index contributed by atoms with van der Waals surface area (Å²) >= 11 is 17.5. The van der Waals surface area contributed by atoms with Crippen LogP contribution in [0.3, 0.4) is 0 Å². The molecule has 8 nitrogen and oxygen atoms in total. The molecule has 0 unspecified atom stereocenters. The van der Waals surface area contributed by atoms with Crippen molar-refractivity contribution in [2.75, 3.05) is 23.5 Å². The summed E-state index contributed by atoms with van der Waals surface area (Å²) < 4.78 is 34.2. The van der Waals surface area contributed by atoms with Crippen molar-refractivity contribution in [3.63, 3.8) is 0 Å². The lowest BCUT2D eigenvalue weighted by Gasteiger charge is -2.28. The molecule has 1 N–H and O–H groups in total. The summed E-state index contributed by atoms with van der Waals surface area (Å²) in [7, 11) is -3.45. The van der Waals surface area contributed by atoms with Gasteiger partial charge in [0, 0.05) is 16.9 Å². The predicted octanol–water partition coefficient (Wildman–Crippen LogP) is 3.08. The molecule has 0 radical (unpaired) electrons. The number of sulfone groups is 1. The average molecular weight is 626 g/mol. The molecule has 0 aliphatic heterocycles. The Balaban J connectivity index is 3.29. The third-order valence-corrected chi connectivity index (χ3v) is 6.13. The van der Waals surface area contributed by atoms with Gasteiger partial charge in [-0.05, 0) is 17.7 Å². The Morgan fingerprint density at radius 1 is 1.03 bits per heavy atom. The molecule has 1 aromatic rings. The number of alkyl halides is 4. The summed E-state index contributed by atoms with van der Waals surface area (Å²) in [5, 5.41) is 3.23. The van der Waals surface area contributed by atoms with Gasteiger partial charge in [0.15, 0.2) is 20.8 Å². The molecule has 1 rings (SSSR count). The van der Waals surface area contributed by atoms with Gasteiger partial charge >= 0.3 is 11.9 Å². The number of hydrogen-bond donors (Lipinski definition) is 1. The van der Waals surface area contributed by atoms with E-state index < -0.39 is 44.7 Å². The van der Waals surface area contributed by atoms with Crippen molar-refractivity contribution in [3.8, 4) is 0 Å². The number of benzene rings is 1. The van der Waals surface area contributed by atoms with Crippen LogP contribution < -0.4 is 5.32 Å². The van der Waals surface area contributed by atoms with Crippen molar-refractivity contribution in [1.82, 2.24) is 5.32 Å². The summed E-state index contributed by atoms with van der Waals surface area (Å²) in [4.78, 5) is 34.8. The second-order valence-electron chi connectivity index (χ2n) is 6.23. The second-order valence-corrected chi connectivity index (χ2v) is 10.9. The zero-order valence-corrected chi connectivity index (χ0v) is 21.9. The van der Waals surface area contributed by atoms with Gasteiger partial charge in [0.1, 0.15) is 12.6 Å². The topological polar surface area (TPSA) is 116 Å². The Bertz CT molecular complexity index is 866. The zero-order valence-electron chi connectivity index (χ0n) is 16.4. The highest BCUT2D eigenvalue weighted by Crippen LogP contribution is 2.25. The van der Waals surface area contributed by atoms with E-state index in [1.807, 2.05) is 0 Å². The number of carbonyl (C=O) groups excluding carboxylic acids is 3. The smallest absolute Gasteiger partial charge is 0.307 e. The minimum absolute atomic E-state index is 0.0373. The van der Waals surface area contributed by atoms with Crippen molar-refractivity contribution in [1.29, 1.82) is 0 Å². The highest BCUT2D eigenvalue weighted by atomic mass is 79.9. The van der Waals surface area contributed by atoms with Crippen LogP contribution in [0.1, 0.15) is 24.5 Å². The van der Waals surface area contributed by atoms with Gasteiger partial charge in [0.25, 0.3) is 5.91 Å². The minimum atomic E-state index is -3.45. The van der Waals surface area contributed by atoms with E-state index in [1.54, 1.807) is 0 Å². The fraction of sp³-hybridized carbons (Fsp3) is 0.500. The summed E-state index contributed by atoms with van der Waals surface area (Å²) in [6.45, 7) is -0.335. The van der Waals surface area contributed by atoms with Crippen LogP contribution in [-0.4, -0.2) is 60.7 Å². The molecule has 0 heterocycles. The predicted molar refractivity (Wildman–Crippen MR) is 124 cm³/mol. The van der Waals surface area contributed by atoms with Crippen LogP contribution in [0.25, 0.3) is 0 Å². The van der Waals surface area contributed by atoms with E-state index in [2.05, 4.69) is 37.2 Å². The molecule has 0 spiro atoms. The quantitative estimate of drug-likeness (QED) is 0.280. The van der Waals surface area contributed by atoms with Crippen molar-refractivity contribution in [2.24, 2.45) is 0 Å². The number of halogens is 4. The lowest BCUT2D eigenvalue weighted by atomic mass is 10.0. The van der Waals surface area contributed by atoms with Crippen molar-refractivity contribution in [2.45, 2.75) is 34.7 Å². The Morgan fingerprint density at radius 2 is 1.58 bits per heavy atom. The molecule has 174 valence electrons. The minimum Gasteiger partial charge on any atom is -0.463 e. The molecule has 0 aromatic heterocycles. The maximum atomic E-state index is 12.2. The van der Waals surface area contributed by atoms with Crippen LogP contribution in [0, 0.1) is 0 Å². The van der Waals surface area contributed by atoms with Gasteiger partial charge in [-0.2, -0.15) is 0 Å². The van der Waals surface area contributed by atoms with Crippen molar-refractivity contribution >= 4 is 82.7 Å². The second kappa shape index (κ2) is 13.6. The van der Waals surface area contributed by atoms with Crippen LogP contribution in [0.5, 0.6) is 0 Å². The Morgan fingerprint density at radius 3 is 2.06 bits per heavy atom. The first-order valence-electron chi connectivity index (χ1n) is 8.85. The standard InChI is InChI=1S/C18H21Br2Cl2NO7S/c1-31(27,28)12-4-2-11(3-5-12)16(30-15(25)7-9-20)13(23-18(26)17(21)22)10-29-14(24)6-8-19/h2-5,13,16-17H,6-10H2,1H3,(H,23,26)/t13-,16-/m1/s1. The van der Waals surface area contributed by atoms with Crippen LogP contribution in [0.15, 0.2) is 29.2 Å². The Hall–Kier alpha value is -0.880. The molecular formula is C18H21Br2Cl2NO7S. The maximum absolute atomic E-state index is 12.2. The normalized spacial score (nSPS) is 13.4. The number of ether oxygens (including phenoxy) is 2. The van der Waals surface area contributed by atoms with Gasteiger partial charge < -0.3 is 14.8 Å². The van der Waals surface area contributed by atoms with Crippen LogP contribution >= 0.6 is 55.1 Å². The van der Waals surface area contributed by atoms with Crippen LogP contribution in [0.4, 0.5) is 0 Å². The molecule has 31 heavy (non-hydrogen) atoms. The van der Waals surface area contributed by atoms with E-state index in [4.69, 9.17) is 32.7 Å². The monoisotopic (exact) mass is 623 g/mol. The Labute approximate surface area is 207 Å². The first kappa shape index (κ1) is 28.2. The van der Waals surface area contributed by atoms with Gasteiger partial charge in [-0.15, -0.1) is 0 Å². The molecule has 1 amide bonds. The third kappa shape index (κ3) is 10.1. The highest BCUT2D eigenvalue weighted by molar-refractivity contribution is 9.09. The number of hydrogen-bond acceptors (Lipinski definition) is 7. The number of rotatable bonds is 12. The van der Waals surface area contributed by atoms with Crippen LogP contribution in [0.2, 0.25) is 0 Å². The molecule has 0 saturated heterocycles. The average Bonchev–Trinajstić information content (AvgIpc) is 2.69. The Kier molecular flexibility index (Phi) is 12.4. The third-order valence-electron chi connectivity index (χ3n) is 3.81. The van der Waals surface area contributed by atoms with Crippen LogP contribution in [-0.2, 0) is 33.7 Å². The molecule has 0 aliphatic rings. The molecule has 0 fully saturated rings. The molecule has 0 saturated carbocycles. The zero-order chi connectivity index (χ0) is 23.6. The van der Waals surface area contributed by atoms with E-state index in [0.717, 1.165) is 6.26 Å². The maximum Gasteiger partial charge on any atom is 0.307 e. The van der Waals surface area contributed by atoms with Gasteiger partial charge in [-0.1, -0.05) is 67.2 Å². The molecule has 0 aliphatic carbocycles. The number of esters is 2. The summed E-state index contributed by atoms with van der Waals surface area (Å²) in [5.74, 6) is -1.91.